The third-order valence-electron chi connectivity index (χ3n) is 2.96. The summed E-state index contributed by atoms with van der Waals surface area (Å²) in [5.41, 5.74) is 2.84. The van der Waals surface area contributed by atoms with Crippen molar-refractivity contribution in [3.05, 3.63) is 36.0 Å². The lowest BCUT2D eigenvalue weighted by Crippen LogP contribution is -2.06. The van der Waals surface area contributed by atoms with E-state index in [0.29, 0.717) is 17.5 Å². The Bertz CT molecular complexity index is 782. The van der Waals surface area contributed by atoms with Gasteiger partial charge in [-0.1, -0.05) is 29.1 Å². The van der Waals surface area contributed by atoms with Gasteiger partial charge < -0.3 is 14.2 Å². The highest BCUT2D eigenvalue weighted by Crippen LogP contribution is 2.26. The van der Waals surface area contributed by atoms with Gasteiger partial charge in [-0.2, -0.15) is 4.98 Å². The van der Waals surface area contributed by atoms with Gasteiger partial charge in [-0.25, -0.2) is 4.98 Å². The van der Waals surface area contributed by atoms with Gasteiger partial charge in [-0.05, 0) is 18.6 Å². The van der Waals surface area contributed by atoms with Crippen LogP contribution >= 0.6 is 11.8 Å². The highest BCUT2D eigenvalue weighted by atomic mass is 32.2. The number of thioether (sulfide) groups is 1. The van der Waals surface area contributed by atoms with E-state index >= 15 is 0 Å². The molecule has 108 valence electrons. The SMILES string of the molecule is Cc1cccc2nc(SCC(=O)O)n(Cc3ncon3)c12. The van der Waals surface area contributed by atoms with Gasteiger partial charge in [-0.3, -0.25) is 4.79 Å². The van der Waals surface area contributed by atoms with E-state index < -0.39 is 5.97 Å². The van der Waals surface area contributed by atoms with Crippen LogP contribution in [0.15, 0.2) is 34.3 Å². The number of para-hydroxylation sites is 1. The Balaban J connectivity index is 2.07. The number of hydrogen-bond donors (Lipinski definition) is 1. The zero-order chi connectivity index (χ0) is 14.8. The quantitative estimate of drug-likeness (QED) is 0.720. The highest BCUT2D eigenvalue weighted by Gasteiger charge is 2.15. The molecule has 0 aliphatic carbocycles. The van der Waals surface area contributed by atoms with Gasteiger partial charge in [0.25, 0.3) is 0 Å². The van der Waals surface area contributed by atoms with E-state index in [-0.39, 0.29) is 5.75 Å². The van der Waals surface area contributed by atoms with Crippen LogP contribution in [0.5, 0.6) is 0 Å². The van der Waals surface area contributed by atoms with Crippen molar-refractivity contribution < 1.29 is 14.4 Å². The number of fused-ring (bicyclic) bond motifs is 1. The Morgan fingerprint density at radius 1 is 1.48 bits per heavy atom. The Labute approximate surface area is 124 Å². The smallest absolute Gasteiger partial charge is 0.313 e. The third-order valence-corrected chi connectivity index (χ3v) is 3.93. The van der Waals surface area contributed by atoms with Crippen LogP contribution in [-0.4, -0.2) is 36.5 Å². The largest absolute Gasteiger partial charge is 0.481 e. The van der Waals surface area contributed by atoms with E-state index in [0.717, 1.165) is 16.6 Å². The van der Waals surface area contributed by atoms with E-state index in [9.17, 15) is 4.79 Å². The van der Waals surface area contributed by atoms with E-state index in [2.05, 4.69) is 15.1 Å². The number of imidazole rings is 1. The van der Waals surface area contributed by atoms with Gasteiger partial charge in [0.05, 0.1) is 23.3 Å². The van der Waals surface area contributed by atoms with Gasteiger partial charge in [0, 0.05) is 0 Å². The number of aryl methyl sites for hydroxylation is 1. The van der Waals surface area contributed by atoms with Crippen LogP contribution in [-0.2, 0) is 11.3 Å². The molecule has 0 radical (unpaired) electrons. The van der Waals surface area contributed by atoms with Crippen molar-refractivity contribution in [1.29, 1.82) is 0 Å². The van der Waals surface area contributed by atoms with Gasteiger partial charge in [0.2, 0.25) is 6.39 Å². The van der Waals surface area contributed by atoms with Crippen molar-refractivity contribution in [2.45, 2.75) is 18.6 Å². The Morgan fingerprint density at radius 2 is 2.33 bits per heavy atom. The minimum Gasteiger partial charge on any atom is -0.481 e. The molecule has 0 bridgehead atoms. The van der Waals surface area contributed by atoms with Crippen molar-refractivity contribution in [2.24, 2.45) is 0 Å². The van der Waals surface area contributed by atoms with Crippen molar-refractivity contribution >= 4 is 28.8 Å². The molecule has 0 unspecified atom stereocenters. The highest BCUT2D eigenvalue weighted by molar-refractivity contribution is 7.99. The van der Waals surface area contributed by atoms with Crippen LogP contribution in [0.3, 0.4) is 0 Å². The molecule has 0 aliphatic heterocycles. The number of aromatic nitrogens is 4. The summed E-state index contributed by atoms with van der Waals surface area (Å²) in [6.45, 7) is 2.38. The standard InChI is InChI=1S/C13H12N4O3S/c1-8-3-2-4-9-12(8)17(5-10-14-7-20-16-10)13(15-9)21-6-11(18)19/h2-4,7H,5-6H2,1H3,(H,18,19). The van der Waals surface area contributed by atoms with E-state index in [1.807, 2.05) is 29.7 Å². The number of nitrogens with zero attached hydrogens (tertiary/aromatic N) is 4. The molecule has 2 heterocycles. The maximum Gasteiger partial charge on any atom is 0.313 e. The lowest BCUT2D eigenvalue weighted by atomic mass is 10.2. The number of aliphatic carboxylic acids is 1. The number of hydrogen-bond acceptors (Lipinski definition) is 6. The molecule has 0 spiro atoms. The van der Waals surface area contributed by atoms with Crippen molar-refractivity contribution in [2.75, 3.05) is 5.75 Å². The molecule has 0 aliphatic rings. The zero-order valence-corrected chi connectivity index (χ0v) is 12.0. The molecule has 0 atom stereocenters. The molecule has 2 aromatic heterocycles. The molecule has 1 N–H and O–H groups in total. The van der Waals surface area contributed by atoms with Gasteiger partial charge in [0.1, 0.15) is 0 Å². The molecule has 0 fully saturated rings. The predicted molar refractivity (Wildman–Crippen MR) is 76.2 cm³/mol. The topological polar surface area (TPSA) is 94.0 Å². The number of rotatable bonds is 5. The van der Waals surface area contributed by atoms with Crippen LogP contribution in [0.4, 0.5) is 0 Å². The molecule has 1 aromatic carbocycles. The molecule has 7 nitrogen and oxygen atoms in total. The normalized spacial score (nSPS) is 11.1. The molecule has 0 saturated carbocycles. The molecule has 3 aromatic rings. The lowest BCUT2D eigenvalue weighted by Gasteiger charge is -2.06. The molecule has 8 heteroatoms. The first-order valence-electron chi connectivity index (χ1n) is 6.21. The zero-order valence-electron chi connectivity index (χ0n) is 11.2. The van der Waals surface area contributed by atoms with Gasteiger partial charge in [0.15, 0.2) is 11.0 Å². The first-order valence-corrected chi connectivity index (χ1v) is 7.19. The Kier molecular flexibility index (Phi) is 3.61. The number of carboxylic acid groups (broad SMARTS) is 1. The lowest BCUT2D eigenvalue weighted by molar-refractivity contribution is -0.133. The monoisotopic (exact) mass is 304 g/mol. The fraction of sp³-hybridized carbons (Fsp3) is 0.231. The molecular formula is C13H12N4O3S. The number of carbonyl (C=O) groups is 1. The van der Waals surface area contributed by atoms with Crippen molar-refractivity contribution in [1.82, 2.24) is 19.7 Å². The third kappa shape index (κ3) is 2.75. The van der Waals surface area contributed by atoms with Crippen LogP contribution in [0, 0.1) is 6.92 Å². The average Bonchev–Trinajstić information content (AvgIpc) is 3.06. The fourth-order valence-corrected chi connectivity index (χ4v) is 2.86. The Hall–Kier alpha value is -2.35. The first-order chi connectivity index (χ1) is 10.1. The van der Waals surface area contributed by atoms with Crippen molar-refractivity contribution in [3.8, 4) is 0 Å². The van der Waals surface area contributed by atoms with E-state index in [4.69, 9.17) is 9.63 Å². The second-order valence-corrected chi connectivity index (χ2v) is 5.40. The molecule has 0 saturated heterocycles. The summed E-state index contributed by atoms with van der Waals surface area (Å²) >= 11 is 1.18. The summed E-state index contributed by atoms with van der Waals surface area (Å²) < 4.78 is 6.67. The summed E-state index contributed by atoms with van der Waals surface area (Å²) in [5.74, 6) is -0.404. The number of carboxylic acids is 1. The fourth-order valence-electron chi connectivity index (χ4n) is 2.13. The van der Waals surface area contributed by atoms with Crippen LogP contribution < -0.4 is 0 Å². The van der Waals surface area contributed by atoms with Crippen LogP contribution in [0.1, 0.15) is 11.4 Å². The second kappa shape index (κ2) is 5.57. The summed E-state index contributed by atoms with van der Waals surface area (Å²) in [4.78, 5) is 19.3. The molecule has 21 heavy (non-hydrogen) atoms. The summed E-state index contributed by atoms with van der Waals surface area (Å²) in [5, 5.41) is 13.3. The predicted octanol–water partition coefficient (Wildman–Crippen LogP) is 1.95. The Morgan fingerprint density at radius 3 is 3.05 bits per heavy atom. The average molecular weight is 304 g/mol. The maximum absolute atomic E-state index is 10.8. The minimum atomic E-state index is -0.880. The molecule has 3 rings (SSSR count). The first kappa shape index (κ1) is 13.6. The van der Waals surface area contributed by atoms with E-state index in [1.54, 1.807) is 0 Å². The van der Waals surface area contributed by atoms with E-state index in [1.165, 1.54) is 18.2 Å². The minimum absolute atomic E-state index is 0.0470. The maximum atomic E-state index is 10.8. The van der Waals surface area contributed by atoms with Gasteiger partial charge in [-0.15, -0.1) is 0 Å². The summed E-state index contributed by atoms with van der Waals surface area (Å²) in [6.07, 6.45) is 1.27. The molecule has 0 amide bonds. The van der Waals surface area contributed by atoms with Crippen LogP contribution in [0.2, 0.25) is 0 Å². The second-order valence-electron chi connectivity index (χ2n) is 4.45. The molecular weight excluding hydrogens is 292 g/mol. The van der Waals surface area contributed by atoms with Gasteiger partial charge >= 0.3 is 5.97 Å². The van der Waals surface area contributed by atoms with Crippen molar-refractivity contribution in [3.63, 3.8) is 0 Å². The summed E-state index contributed by atoms with van der Waals surface area (Å²) in [7, 11) is 0. The number of benzene rings is 1. The summed E-state index contributed by atoms with van der Waals surface area (Å²) in [6, 6.07) is 5.82. The van der Waals surface area contributed by atoms with Crippen LogP contribution in [0.25, 0.3) is 11.0 Å².